The molecule has 0 aliphatic carbocycles. The van der Waals surface area contributed by atoms with Gasteiger partial charge in [0.1, 0.15) is 11.6 Å². The summed E-state index contributed by atoms with van der Waals surface area (Å²) in [4.78, 5) is 26.6. The van der Waals surface area contributed by atoms with Gasteiger partial charge in [0, 0.05) is 36.4 Å². The van der Waals surface area contributed by atoms with Gasteiger partial charge in [-0.1, -0.05) is 34.1 Å². The van der Waals surface area contributed by atoms with E-state index in [-0.39, 0.29) is 42.3 Å². The van der Waals surface area contributed by atoms with Gasteiger partial charge in [0.05, 0.1) is 0 Å². The fraction of sp³-hybridized carbons (Fsp3) is 0.391. The average molecular weight is 479 g/mol. The summed E-state index contributed by atoms with van der Waals surface area (Å²) in [6.45, 7) is 3.01. The number of nitrogens with zero attached hydrogens (tertiary/aromatic N) is 1. The zero-order valence-corrected chi connectivity index (χ0v) is 18.5. The van der Waals surface area contributed by atoms with Gasteiger partial charge >= 0.3 is 0 Å². The number of hydrogen-bond donors (Lipinski definition) is 1. The maximum absolute atomic E-state index is 13.9. The maximum Gasteiger partial charge on any atom is 0.223 e. The maximum atomic E-state index is 13.9. The monoisotopic (exact) mass is 478 g/mol. The van der Waals surface area contributed by atoms with Gasteiger partial charge in [-0.2, -0.15) is 0 Å². The van der Waals surface area contributed by atoms with E-state index in [1.807, 2.05) is 0 Å². The van der Waals surface area contributed by atoms with Gasteiger partial charge in [0.2, 0.25) is 11.8 Å². The number of halogens is 3. The highest BCUT2D eigenvalue weighted by Crippen LogP contribution is 2.20. The standard InChI is InChI=1S/C23H25BrF2N2O2/c1-15-2-3-16(12-20(15)25)14-27-23(30)18-8-10-28(11-9-18)22(29)7-5-17-4-6-19(24)13-21(17)26/h2-4,6,12-13,18H,5,7-11,14H2,1H3,(H,27,30). The molecule has 0 aromatic heterocycles. The Labute approximate surface area is 183 Å². The topological polar surface area (TPSA) is 49.4 Å². The van der Waals surface area contributed by atoms with Crippen molar-refractivity contribution in [3.05, 3.63) is 69.2 Å². The first kappa shape index (κ1) is 22.4. The van der Waals surface area contributed by atoms with E-state index in [4.69, 9.17) is 0 Å². The van der Waals surface area contributed by atoms with Crippen LogP contribution in [-0.2, 0) is 22.6 Å². The van der Waals surface area contributed by atoms with Crippen LogP contribution in [0.2, 0.25) is 0 Å². The van der Waals surface area contributed by atoms with E-state index in [1.165, 1.54) is 12.1 Å². The molecule has 1 fully saturated rings. The van der Waals surface area contributed by atoms with E-state index in [2.05, 4.69) is 21.2 Å². The Morgan fingerprint density at radius 2 is 1.83 bits per heavy atom. The van der Waals surface area contributed by atoms with Crippen LogP contribution in [0.5, 0.6) is 0 Å². The highest BCUT2D eigenvalue weighted by atomic mass is 79.9. The molecule has 2 amide bonds. The third kappa shape index (κ3) is 5.88. The quantitative estimate of drug-likeness (QED) is 0.663. The molecule has 0 saturated carbocycles. The molecule has 1 aliphatic heterocycles. The van der Waals surface area contributed by atoms with E-state index < -0.39 is 0 Å². The van der Waals surface area contributed by atoms with Crippen LogP contribution in [0.25, 0.3) is 0 Å². The van der Waals surface area contributed by atoms with Crippen molar-refractivity contribution in [2.75, 3.05) is 13.1 Å². The summed E-state index contributed by atoms with van der Waals surface area (Å²) in [7, 11) is 0. The molecular formula is C23H25BrF2N2O2. The smallest absolute Gasteiger partial charge is 0.223 e. The number of aryl methyl sites for hydroxylation is 2. The van der Waals surface area contributed by atoms with Crippen LogP contribution in [0, 0.1) is 24.5 Å². The summed E-state index contributed by atoms with van der Waals surface area (Å²) in [6, 6.07) is 9.77. The van der Waals surface area contributed by atoms with Crippen molar-refractivity contribution in [1.29, 1.82) is 0 Å². The number of hydrogen-bond acceptors (Lipinski definition) is 2. The van der Waals surface area contributed by atoms with Gasteiger partial charge in [-0.3, -0.25) is 9.59 Å². The van der Waals surface area contributed by atoms with Crippen molar-refractivity contribution in [3.63, 3.8) is 0 Å². The summed E-state index contributed by atoms with van der Waals surface area (Å²) in [5.74, 6) is -0.850. The molecule has 3 rings (SSSR count). The van der Waals surface area contributed by atoms with Gasteiger partial charge in [-0.15, -0.1) is 0 Å². The van der Waals surface area contributed by atoms with E-state index in [0.29, 0.717) is 48.0 Å². The van der Waals surface area contributed by atoms with E-state index in [1.54, 1.807) is 36.1 Å². The third-order valence-corrected chi connectivity index (χ3v) is 6.04. The number of nitrogens with one attached hydrogen (secondary N) is 1. The summed E-state index contributed by atoms with van der Waals surface area (Å²) in [5.41, 5.74) is 1.82. The van der Waals surface area contributed by atoms with Gasteiger partial charge in [0.25, 0.3) is 0 Å². The molecular weight excluding hydrogens is 454 g/mol. The van der Waals surface area contributed by atoms with Crippen molar-refractivity contribution >= 4 is 27.7 Å². The predicted octanol–water partition coefficient (Wildman–Crippen LogP) is 4.52. The molecule has 0 radical (unpaired) electrons. The lowest BCUT2D eigenvalue weighted by Crippen LogP contribution is -2.43. The Morgan fingerprint density at radius 3 is 2.50 bits per heavy atom. The van der Waals surface area contributed by atoms with Crippen molar-refractivity contribution in [1.82, 2.24) is 10.2 Å². The minimum absolute atomic E-state index is 0.0219. The normalized spacial score (nSPS) is 14.6. The zero-order valence-electron chi connectivity index (χ0n) is 16.9. The molecule has 1 saturated heterocycles. The van der Waals surface area contributed by atoms with Crippen LogP contribution in [0.15, 0.2) is 40.9 Å². The molecule has 0 spiro atoms. The van der Waals surface area contributed by atoms with Crippen molar-refractivity contribution in [2.45, 2.75) is 39.2 Å². The van der Waals surface area contributed by atoms with Crippen molar-refractivity contribution in [3.8, 4) is 0 Å². The number of carbonyl (C=O) groups excluding carboxylic acids is 2. The second-order valence-corrected chi connectivity index (χ2v) is 8.61. The molecule has 2 aromatic rings. The SMILES string of the molecule is Cc1ccc(CNC(=O)C2CCN(C(=O)CCc3ccc(Br)cc3F)CC2)cc1F. The highest BCUT2D eigenvalue weighted by Gasteiger charge is 2.27. The van der Waals surface area contributed by atoms with Gasteiger partial charge in [-0.25, -0.2) is 8.78 Å². The number of piperidine rings is 1. The highest BCUT2D eigenvalue weighted by molar-refractivity contribution is 9.10. The summed E-state index contributed by atoms with van der Waals surface area (Å²) >= 11 is 3.22. The lowest BCUT2D eigenvalue weighted by molar-refractivity contribution is -0.135. The fourth-order valence-electron chi connectivity index (χ4n) is 3.60. The number of carbonyl (C=O) groups is 2. The minimum atomic E-state index is -0.319. The molecule has 7 heteroatoms. The van der Waals surface area contributed by atoms with Gasteiger partial charge in [0.15, 0.2) is 0 Å². The number of likely N-dealkylation sites (tertiary alicyclic amines) is 1. The van der Waals surface area contributed by atoms with Crippen molar-refractivity contribution in [2.24, 2.45) is 5.92 Å². The lowest BCUT2D eigenvalue weighted by atomic mass is 9.95. The van der Waals surface area contributed by atoms with Crippen LogP contribution in [-0.4, -0.2) is 29.8 Å². The molecule has 0 bridgehead atoms. The second-order valence-electron chi connectivity index (χ2n) is 7.69. The van der Waals surface area contributed by atoms with Crippen LogP contribution < -0.4 is 5.32 Å². The lowest BCUT2D eigenvalue weighted by Gasteiger charge is -2.31. The van der Waals surface area contributed by atoms with Crippen LogP contribution in [0.1, 0.15) is 36.0 Å². The minimum Gasteiger partial charge on any atom is -0.352 e. The fourth-order valence-corrected chi connectivity index (χ4v) is 3.93. The van der Waals surface area contributed by atoms with Crippen LogP contribution >= 0.6 is 15.9 Å². The molecule has 1 N–H and O–H groups in total. The number of rotatable bonds is 6. The molecule has 1 heterocycles. The average Bonchev–Trinajstić information content (AvgIpc) is 2.73. The Kier molecular flexibility index (Phi) is 7.58. The van der Waals surface area contributed by atoms with Gasteiger partial charge < -0.3 is 10.2 Å². The molecule has 160 valence electrons. The Balaban J connectivity index is 1.42. The third-order valence-electron chi connectivity index (χ3n) is 5.54. The second kappa shape index (κ2) is 10.2. The van der Waals surface area contributed by atoms with E-state index >= 15 is 0 Å². The molecule has 1 aliphatic rings. The Hall–Kier alpha value is -2.28. The van der Waals surface area contributed by atoms with E-state index in [9.17, 15) is 18.4 Å². The summed E-state index contributed by atoms with van der Waals surface area (Å²) in [6.07, 6.45) is 1.78. The summed E-state index contributed by atoms with van der Waals surface area (Å²) in [5, 5.41) is 2.86. The van der Waals surface area contributed by atoms with Crippen LogP contribution in [0.3, 0.4) is 0 Å². The first-order valence-electron chi connectivity index (χ1n) is 10.1. The zero-order chi connectivity index (χ0) is 21.7. The molecule has 0 atom stereocenters. The Morgan fingerprint density at radius 1 is 1.10 bits per heavy atom. The largest absolute Gasteiger partial charge is 0.352 e. The number of amides is 2. The number of benzene rings is 2. The van der Waals surface area contributed by atoms with Crippen molar-refractivity contribution < 1.29 is 18.4 Å². The molecule has 2 aromatic carbocycles. The predicted molar refractivity (Wildman–Crippen MR) is 115 cm³/mol. The molecule has 4 nitrogen and oxygen atoms in total. The first-order valence-corrected chi connectivity index (χ1v) is 10.9. The van der Waals surface area contributed by atoms with Gasteiger partial charge in [-0.05, 0) is 61.1 Å². The first-order chi connectivity index (χ1) is 14.3. The van der Waals surface area contributed by atoms with Crippen LogP contribution in [0.4, 0.5) is 8.78 Å². The Bertz CT molecular complexity index is 927. The molecule has 30 heavy (non-hydrogen) atoms. The molecule has 0 unspecified atom stereocenters. The summed E-state index contributed by atoms with van der Waals surface area (Å²) < 4.78 is 28.2. The van der Waals surface area contributed by atoms with E-state index in [0.717, 1.165) is 5.56 Å².